The van der Waals surface area contributed by atoms with E-state index in [4.69, 9.17) is 0 Å². The number of carbonyl (C=O) groups is 1. The molecule has 0 aliphatic carbocycles. The van der Waals surface area contributed by atoms with Crippen LogP contribution in [0.2, 0.25) is 0 Å². The van der Waals surface area contributed by atoms with Crippen molar-refractivity contribution in [1.82, 2.24) is 4.90 Å². The summed E-state index contributed by atoms with van der Waals surface area (Å²) < 4.78 is 0. The van der Waals surface area contributed by atoms with Gasteiger partial charge in [0.05, 0.1) is 0 Å². The molecule has 0 N–H and O–H groups in total. The van der Waals surface area contributed by atoms with Gasteiger partial charge in [-0.15, -0.1) is 0 Å². The van der Waals surface area contributed by atoms with Gasteiger partial charge in [-0.3, -0.25) is 4.79 Å². The Morgan fingerprint density at radius 3 is 2.11 bits per heavy atom. The van der Waals surface area contributed by atoms with Gasteiger partial charge in [-0.1, -0.05) is 46.8 Å². The maximum atomic E-state index is 12.2. The Hall–Kier alpha value is -1.31. The number of hydrogen-bond donors (Lipinski definition) is 0. The first-order valence-corrected chi connectivity index (χ1v) is 6.50. The van der Waals surface area contributed by atoms with Crippen LogP contribution in [0.4, 0.5) is 0 Å². The first-order chi connectivity index (χ1) is 8.14. The molecule has 0 radical (unpaired) electrons. The topological polar surface area (TPSA) is 20.3 Å². The zero-order valence-corrected chi connectivity index (χ0v) is 12.7. The zero-order valence-electron chi connectivity index (χ0n) is 12.7. The molecular formula is C16H25NO. The summed E-state index contributed by atoms with van der Waals surface area (Å²) in [6, 6.07) is 6.22. The number of rotatable bonds is 2. The van der Waals surface area contributed by atoms with Crippen molar-refractivity contribution in [3.63, 3.8) is 0 Å². The zero-order chi connectivity index (χ0) is 14.1. The van der Waals surface area contributed by atoms with Gasteiger partial charge in [0.2, 0.25) is 0 Å². The number of benzene rings is 1. The molecule has 2 heteroatoms. The Morgan fingerprint density at radius 1 is 1.17 bits per heavy atom. The molecule has 0 aliphatic rings. The highest BCUT2D eigenvalue weighted by Crippen LogP contribution is 2.29. The second-order valence-electron chi connectivity index (χ2n) is 6.41. The molecule has 100 valence electrons. The molecule has 1 aromatic rings. The summed E-state index contributed by atoms with van der Waals surface area (Å²) >= 11 is 0. The molecule has 0 saturated heterocycles. The third-order valence-corrected chi connectivity index (χ3v) is 3.15. The summed E-state index contributed by atoms with van der Waals surface area (Å²) in [6.07, 6.45) is 0. The van der Waals surface area contributed by atoms with E-state index in [1.165, 1.54) is 5.56 Å². The molecule has 18 heavy (non-hydrogen) atoms. The maximum absolute atomic E-state index is 12.2. The molecule has 0 atom stereocenters. The number of amides is 1. The molecule has 1 aromatic carbocycles. The van der Waals surface area contributed by atoms with Gasteiger partial charge in [0.15, 0.2) is 0 Å². The minimum absolute atomic E-state index is 0.0219. The van der Waals surface area contributed by atoms with Crippen LogP contribution >= 0.6 is 0 Å². The predicted octanol–water partition coefficient (Wildman–Crippen LogP) is 3.81. The van der Waals surface area contributed by atoms with E-state index in [0.29, 0.717) is 5.92 Å². The fourth-order valence-corrected chi connectivity index (χ4v) is 1.97. The van der Waals surface area contributed by atoms with E-state index in [9.17, 15) is 4.79 Å². The smallest absolute Gasteiger partial charge is 0.253 e. The van der Waals surface area contributed by atoms with Crippen molar-refractivity contribution in [2.45, 2.75) is 46.0 Å². The van der Waals surface area contributed by atoms with Crippen molar-refractivity contribution in [3.05, 3.63) is 34.9 Å². The van der Waals surface area contributed by atoms with Gasteiger partial charge in [-0.05, 0) is 28.5 Å². The highest BCUT2D eigenvalue weighted by Gasteiger charge is 2.23. The first-order valence-electron chi connectivity index (χ1n) is 6.50. The molecule has 0 aliphatic heterocycles. The normalized spacial score (nSPS) is 11.8. The third-order valence-electron chi connectivity index (χ3n) is 3.15. The standard InChI is InChI=1S/C16H25NO/c1-11(2)12-8-9-13(15(18)17(6)7)14(10-12)16(3,4)5/h8-11H,1-7H3. The van der Waals surface area contributed by atoms with Crippen molar-refractivity contribution in [2.24, 2.45) is 0 Å². The van der Waals surface area contributed by atoms with E-state index in [1.54, 1.807) is 19.0 Å². The lowest BCUT2D eigenvalue weighted by Crippen LogP contribution is -2.26. The lowest BCUT2D eigenvalue weighted by Gasteiger charge is -2.25. The number of carbonyl (C=O) groups excluding carboxylic acids is 1. The monoisotopic (exact) mass is 247 g/mol. The molecule has 0 spiro atoms. The Kier molecular flexibility index (Phi) is 4.20. The van der Waals surface area contributed by atoms with Crippen molar-refractivity contribution >= 4 is 5.91 Å². The molecule has 0 unspecified atom stereocenters. The lowest BCUT2D eigenvalue weighted by molar-refractivity contribution is 0.0825. The van der Waals surface area contributed by atoms with Crippen molar-refractivity contribution in [1.29, 1.82) is 0 Å². The van der Waals surface area contributed by atoms with Crippen LogP contribution in [-0.4, -0.2) is 24.9 Å². The largest absolute Gasteiger partial charge is 0.345 e. The molecular weight excluding hydrogens is 222 g/mol. The van der Waals surface area contributed by atoms with E-state index < -0.39 is 0 Å². The predicted molar refractivity (Wildman–Crippen MR) is 77.2 cm³/mol. The highest BCUT2D eigenvalue weighted by molar-refractivity contribution is 5.95. The molecule has 2 nitrogen and oxygen atoms in total. The minimum Gasteiger partial charge on any atom is -0.345 e. The Labute approximate surface area is 111 Å². The summed E-state index contributed by atoms with van der Waals surface area (Å²) in [4.78, 5) is 13.9. The van der Waals surface area contributed by atoms with Gasteiger partial charge in [0.25, 0.3) is 5.91 Å². The van der Waals surface area contributed by atoms with Crippen LogP contribution in [0.1, 0.15) is 62.0 Å². The molecule has 0 bridgehead atoms. The average Bonchev–Trinajstić information content (AvgIpc) is 2.25. The second kappa shape index (κ2) is 5.13. The Balaban J connectivity index is 3.40. The number of hydrogen-bond acceptors (Lipinski definition) is 1. The summed E-state index contributed by atoms with van der Waals surface area (Å²) in [5.74, 6) is 0.560. The molecule has 0 fully saturated rings. The van der Waals surface area contributed by atoms with Gasteiger partial charge in [-0.2, -0.15) is 0 Å². The first kappa shape index (κ1) is 14.7. The van der Waals surface area contributed by atoms with Crippen LogP contribution in [0.15, 0.2) is 18.2 Å². The Bertz CT molecular complexity index is 439. The van der Waals surface area contributed by atoms with Gasteiger partial charge in [-0.25, -0.2) is 0 Å². The maximum Gasteiger partial charge on any atom is 0.253 e. The minimum atomic E-state index is -0.0219. The van der Waals surface area contributed by atoms with Crippen molar-refractivity contribution in [3.8, 4) is 0 Å². The van der Waals surface area contributed by atoms with Crippen molar-refractivity contribution in [2.75, 3.05) is 14.1 Å². The van der Waals surface area contributed by atoms with E-state index in [2.05, 4.69) is 46.8 Å². The Morgan fingerprint density at radius 2 is 1.72 bits per heavy atom. The van der Waals surface area contributed by atoms with Crippen LogP contribution < -0.4 is 0 Å². The van der Waals surface area contributed by atoms with Gasteiger partial charge in [0.1, 0.15) is 0 Å². The SMILES string of the molecule is CC(C)c1ccc(C(=O)N(C)C)c(C(C)(C)C)c1. The fourth-order valence-electron chi connectivity index (χ4n) is 1.97. The summed E-state index contributed by atoms with van der Waals surface area (Å²) in [6.45, 7) is 10.8. The van der Waals surface area contributed by atoms with E-state index in [1.807, 2.05) is 6.07 Å². The van der Waals surface area contributed by atoms with Crippen LogP contribution in [0.5, 0.6) is 0 Å². The number of nitrogens with zero attached hydrogens (tertiary/aromatic N) is 1. The molecule has 1 amide bonds. The quantitative estimate of drug-likeness (QED) is 0.778. The molecule has 1 rings (SSSR count). The van der Waals surface area contributed by atoms with Crippen molar-refractivity contribution < 1.29 is 4.79 Å². The molecule has 0 saturated carbocycles. The van der Waals surface area contributed by atoms with Gasteiger partial charge >= 0.3 is 0 Å². The third kappa shape index (κ3) is 3.12. The fraction of sp³-hybridized carbons (Fsp3) is 0.562. The lowest BCUT2D eigenvalue weighted by atomic mass is 9.81. The highest BCUT2D eigenvalue weighted by atomic mass is 16.2. The van der Waals surface area contributed by atoms with Crippen LogP contribution in [-0.2, 0) is 5.41 Å². The molecule has 0 heterocycles. The summed E-state index contributed by atoms with van der Waals surface area (Å²) in [5, 5.41) is 0. The van der Waals surface area contributed by atoms with E-state index >= 15 is 0 Å². The van der Waals surface area contributed by atoms with Crippen LogP contribution in [0, 0.1) is 0 Å². The van der Waals surface area contributed by atoms with Crippen LogP contribution in [0.3, 0.4) is 0 Å². The van der Waals surface area contributed by atoms with E-state index in [0.717, 1.165) is 11.1 Å². The average molecular weight is 247 g/mol. The van der Waals surface area contributed by atoms with Gasteiger partial charge in [0, 0.05) is 19.7 Å². The van der Waals surface area contributed by atoms with E-state index in [-0.39, 0.29) is 11.3 Å². The second-order valence-corrected chi connectivity index (χ2v) is 6.41. The van der Waals surface area contributed by atoms with Crippen LogP contribution in [0.25, 0.3) is 0 Å². The summed E-state index contributed by atoms with van der Waals surface area (Å²) in [5.41, 5.74) is 3.21. The summed E-state index contributed by atoms with van der Waals surface area (Å²) in [7, 11) is 3.59. The van der Waals surface area contributed by atoms with Gasteiger partial charge < -0.3 is 4.90 Å². The molecule has 0 aromatic heterocycles.